The maximum atomic E-state index is 11.1. The van der Waals surface area contributed by atoms with Gasteiger partial charge in [0, 0.05) is 31.3 Å². The molecule has 4 aromatic rings. The van der Waals surface area contributed by atoms with Crippen molar-refractivity contribution in [2.75, 3.05) is 12.4 Å². The van der Waals surface area contributed by atoms with E-state index in [0.29, 0.717) is 30.6 Å². The number of hydrogen-bond acceptors (Lipinski definition) is 6. The second kappa shape index (κ2) is 9.86. The highest BCUT2D eigenvalue weighted by atomic mass is 16.6. The number of anilines is 1. The molecule has 1 N–H and O–H groups in total. The van der Waals surface area contributed by atoms with E-state index in [2.05, 4.69) is 10.3 Å². The Morgan fingerprint density at radius 1 is 1.00 bits per heavy atom. The molecular formula is C25H24N4O4. The number of rotatable bonds is 9. The predicted molar refractivity (Wildman–Crippen MR) is 126 cm³/mol. The normalized spacial score (nSPS) is 10.6. The summed E-state index contributed by atoms with van der Waals surface area (Å²) in [5.41, 5.74) is 3.64. The molecule has 8 heteroatoms. The van der Waals surface area contributed by atoms with Crippen molar-refractivity contribution in [3.05, 3.63) is 100 Å². The fraction of sp³-hybridized carbons (Fsp3) is 0.160. The lowest BCUT2D eigenvalue weighted by Gasteiger charge is -2.13. The molecule has 0 aliphatic rings. The minimum atomic E-state index is -0.403. The smallest absolute Gasteiger partial charge is 0.270 e. The molecule has 8 nitrogen and oxygen atoms in total. The predicted octanol–water partition coefficient (Wildman–Crippen LogP) is 5.20. The molecule has 168 valence electrons. The summed E-state index contributed by atoms with van der Waals surface area (Å²) in [6.45, 7) is 0.983. The zero-order valence-electron chi connectivity index (χ0n) is 18.4. The Hall–Kier alpha value is -4.33. The maximum Gasteiger partial charge on any atom is 0.270 e. The topological polar surface area (TPSA) is 91.5 Å². The van der Waals surface area contributed by atoms with Crippen LogP contribution in [0.15, 0.2) is 79.0 Å². The van der Waals surface area contributed by atoms with Gasteiger partial charge in [-0.3, -0.25) is 10.1 Å². The number of nitro benzene ring substituents is 1. The lowest BCUT2D eigenvalue weighted by molar-refractivity contribution is -0.384. The van der Waals surface area contributed by atoms with Gasteiger partial charge in [-0.05, 0) is 23.3 Å². The summed E-state index contributed by atoms with van der Waals surface area (Å²) >= 11 is 0. The van der Waals surface area contributed by atoms with Crippen LogP contribution in [-0.2, 0) is 20.2 Å². The van der Waals surface area contributed by atoms with E-state index in [1.807, 2.05) is 66.2 Å². The maximum absolute atomic E-state index is 11.1. The van der Waals surface area contributed by atoms with E-state index in [-0.39, 0.29) is 5.69 Å². The number of non-ortho nitro benzene ring substituents is 1. The molecule has 0 spiro atoms. The first-order valence-electron chi connectivity index (χ1n) is 10.4. The molecule has 0 saturated carbocycles. The van der Waals surface area contributed by atoms with E-state index in [1.54, 1.807) is 25.4 Å². The van der Waals surface area contributed by atoms with Crippen molar-refractivity contribution in [2.45, 2.75) is 13.2 Å². The summed E-state index contributed by atoms with van der Waals surface area (Å²) in [4.78, 5) is 15.1. The molecule has 0 bridgehead atoms. The Morgan fingerprint density at radius 3 is 2.58 bits per heavy atom. The fourth-order valence-corrected chi connectivity index (χ4v) is 3.48. The van der Waals surface area contributed by atoms with Crippen molar-refractivity contribution in [3.63, 3.8) is 0 Å². The van der Waals surface area contributed by atoms with Gasteiger partial charge in [0.1, 0.15) is 6.61 Å². The number of aromatic nitrogens is 2. The Morgan fingerprint density at radius 2 is 1.82 bits per heavy atom. The van der Waals surface area contributed by atoms with Crippen LogP contribution in [0.2, 0.25) is 0 Å². The van der Waals surface area contributed by atoms with Crippen LogP contribution in [0.4, 0.5) is 11.6 Å². The number of benzene rings is 3. The van der Waals surface area contributed by atoms with E-state index in [4.69, 9.17) is 9.47 Å². The lowest BCUT2D eigenvalue weighted by atomic mass is 10.1. The molecule has 0 unspecified atom stereocenters. The summed E-state index contributed by atoms with van der Waals surface area (Å²) in [6, 6.07) is 22.3. The van der Waals surface area contributed by atoms with Crippen molar-refractivity contribution in [1.82, 2.24) is 9.55 Å². The minimum absolute atomic E-state index is 0.0462. The lowest BCUT2D eigenvalue weighted by Crippen LogP contribution is -2.06. The summed E-state index contributed by atoms with van der Waals surface area (Å²) in [5, 5.41) is 14.4. The molecule has 0 aliphatic carbocycles. The molecular weight excluding hydrogens is 420 g/mol. The minimum Gasteiger partial charge on any atom is -0.493 e. The molecule has 3 aromatic carbocycles. The molecule has 1 heterocycles. The highest BCUT2D eigenvalue weighted by Crippen LogP contribution is 2.30. The number of nitro groups is 1. The van der Waals surface area contributed by atoms with Crippen molar-refractivity contribution in [1.29, 1.82) is 0 Å². The highest BCUT2D eigenvalue weighted by Gasteiger charge is 2.13. The Kier molecular flexibility index (Phi) is 6.54. The van der Waals surface area contributed by atoms with Crippen molar-refractivity contribution in [2.24, 2.45) is 7.05 Å². The molecule has 33 heavy (non-hydrogen) atoms. The summed E-state index contributed by atoms with van der Waals surface area (Å²) in [5.74, 6) is 1.98. The van der Waals surface area contributed by atoms with Gasteiger partial charge in [-0.15, -0.1) is 0 Å². The van der Waals surface area contributed by atoms with Crippen LogP contribution in [0.5, 0.6) is 11.5 Å². The monoisotopic (exact) mass is 444 g/mol. The molecule has 0 saturated heterocycles. The molecule has 4 rings (SSSR count). The number of imidazole rings is 1. The van der Waals surface area contributed by atoms with Crippen LogP contribution < -0.4 is 14.8 Å². The van der Waals surface area contributed by atoms with Crippen LogP contribution >= 0.6 is 0 Å². The van der Waals surface area contributed by atoms with Crippen LogP contribution in [0.25, 0.3) is 11.3 Å². The third kappa shape index (κ3) is 5.12. The summed E-state index contributed by atoms with van der Waals surface area (Å²) < 4.78 is 13.3. The average molecular weight is 444 g/mol. The fourth-order valence-electron chi connectivity index (χ4n) is 3.48. The molecule has 0 atom stereocenters. The second-order valence-corrected chi connectivity index (χ2v) is 7.45. The van der Waals surface area contributed by atoms with Gasteiger partial charge in [-0.25, -0.2) is 4.98 Å². The number of nitrogens with one attached hydrogen (secondary N) is 1. The number of ether oxygens (including phenoxy) is 2. The van der Waals surface area contributed by atoms with E-state index < -0.39 is 4.92 Å². The van der Waals surface area contributed by atoms with Gasteiger partial charge in [-0.1, -0.05) is 48.5 Å². The zero-order chi connectivity index (χ0) is 23.2. The van der Waals surface area contributed by atoms with Crippen molar-refractivity contribution >= 4 is 11.6 Å². The van der Waals surface area contributed by atoms with E-state index >= 15 is 0 Å². The average Bonchev–Trinajstić information content (AvgIpc) is 3.22. The van der Waals surface area contributed by atoms with Crippen LogP contribution in [0, 0.1) is 10.1 Å². The van der Waals surface area contributed by atoms with Crippen LogP contribution in [-0.4, -0.2) is 21.6 Å². The van der Waals surface area contributed by atoms with E-state index in [1.165, 1.54) is 6.07 Å². The Balaban J connectivity index is 1.44. The molecule has 1 aromatic heterocycles. The van der Waals surface area contributed by atoms with Crippen molar-refractivity contribution < 1.29 is 14.4 Å². The van der Waals surface area contributed by atoms with Gasteiger partial charge in [0.2, 0.25) is 5.95 Å². The van der Waals surface area contributed by atoms with Crippen LogP contribution in [0.3, 0.4) is 0 Å². The van der Waals surface area contributed by atoms with Gasteiger partial charge in [0.05, 0.1) is 23.9 Å². The van der Waals surface area contributed by atoms with Gasteiger partial charge in [0.15, 0.2) is 11.5 Å². The van der Waals surface area contributed by atoms with Gasteiger partial charge in [0.25, 0.3) is 5.69 Å². The van der Waals surface area contributed by atoms with E-state index in [0.717, 1.165) is 22.4 Å². The third-order valence-corrected chi connectivity index (χ3v) is 5.26. The molecule has 0 fully saturated rings. The summed E-state index contributed by atoms with van der Waals surface area (Å²) in [7, 11) is 3.48. The Bertz CT molecular complexity index is 1250. The summed E-state index contributed by atoms with van der Waals surface area (Å²) in [6.07, 6.45) is 1.70. The first-order chi connectivity index (χ1) is 16.0. The third-order valence-electron chi connectivity index (χ3n) is 5.26. The van der Waals surface area contributed by atoms with Gasteiger partial charge >= 0.3 is 0 Å². The number of methoxy groups -OCH3 is 1. The number of hydrogen-bond donors (Lipinski definition) is 1. The zero-order valence-corrected chi connectivity index (χ0v) is 18.4. The molecule has 0 aliphatic heterocycles. The van der Waals surface area contributed by atoms with Crippen LogP contribution in [0.1, 0.15) is 11.1 Å². The van der Waals surface area contributed by atoms with Gasteiger partial charge < -0.3 is 19.4 Å². The SMILES string of the molecule is COc1cc(CNc2ncc(-c3cccc([N+](=O)[O-])c3)n2C)ccc1OCc1ccccc1. The molecule has 0 radical (unpaired) electrons. The first kappa shape index (κ1) is 21.9. The molecule has 0 amide bonds. The second-order valence-electron chi connectivity index (χ2n) is 7.45. The largest absolute Gasteiger partial charge is 0.493 e. The highest BCUT2D eigenvalue weighted by molar-refractivity contribution is 5.64. The Labute approximate surface area is 191 Å². The number of nitrogens with zero attached hydrogens (tertiary/aromatic N) is 3. The first-order valence-corrected chi connectivity index (χ1v) is 10.4. The van der Waals surface area contributed by atoms with E-state index in [9.17, 15) is 10.1 Å². The quantitative estimate of drug-likeness (QED) is 0.282. The van der Waals surface area contributed by atoms with Gasteiger partial charge in [-0.2, -0.15) is 0 Å². The standard InChI is InChI=1S/C25H24N4O4/c1-28-22(20-9-6-10-21(14-20)29(30)31)16-27-25(28)26-15-19-11-12-23(24(13-19)32-2)33-17-18-7-4-3-5-8-18/h3-14,16H,15,17H2,1-2H3,(H,26,27). The van der Waals surface area contributed by atoms with Crippen molar-refractivity contribution in [3.8, 4) is 22.8 Å².